The second-order valence-electron chi connectivity index (χ2n) is 5.61. The average Bonchev–Trinajstić information content (AvgIpc) is 2.43. The molecule has 2 amide bonds. The Balaban J connectivity index is 2.12. The van der Waals surface area contributed by atoms with Gasteiger partial charge in [0.25, 0.3) is 0 Å². The van der Waals surface area contributed by atoms with Crippen LogP contribution in [0.3, 0.4) is 0 Å². The predicted molar refractivity (Wildman–Crippen MR) is 76.9 cm³/mol. The third-order valence-corrected chi connectivity index (χ3v) is 3.83. The summed E-state index contributed by atoms with van der Waals surface area (Å²) in [5.41, 5.74) is -0.169. The van der Waals surface area contributed by atoms with Gasteiger partial charge in [-0.3, -0.25) is 0 Å². The molecule has 1 saturated heterocycles. The van der Waals surface area contributed by atoms with Gasteiger partial charge in [-0.2, -0.15) is 0 Å². The largest absolute Gasteiger partial charge is 0.478 e. The number of anilines is 1. The van der Waals surface area contributed by atoms with E-state index in [2.05, 4.69) is 12.2 Å². The molecule has 0 radical (unpaired) electrons. The van der Waals surface area contributed by atoms with Crippen molar-refractivity contribution >= 4 is 17.7 Å². The number of hydrogen-bond donors (Lipinski definition) is 2. The Labute approximate surface area is 122 Å². The summed E-state index contributed by atoms with van der Waals surface area (Å²) in [5, 5.41) is 11.5. The van der Waals surface area contributed by atoms with E-state index < -0.39 is 17.3 Å². The van der Waals surface area contributed by atoms with Gasteiger partial charge in [0.15, 0.2) is 0 Å². The second-order valence-corrected chi connectivity index (χ2v) is 5.61. The number of urea groups is 1. The average molecular weight is 294 g/mol. The minimum Gasteiger partial charge on any atom is -0.478 e. The van der Waals surface area contributed by atoms with Gasteiger partial charge in [0.2, 0.25) is 0 Å². The molecular formula is C15H19FN2O3. The number of rotatable bonds is 2. The highest BCUT2D eigenvalue weighted by molar-refractivity contribution is 5.93. The lowest BCUT2D eigenvalue weighted by Gasteiger charge is -2.36. The van der Waals surface area contributed by atoms with Crippen LogP contribution in [0.5, 0.6) is 0 Å². The molecule has 2 unspecified atom stereocenters. The maximum atomic E-state index is 13.3. The fourth-order valence-electron chi connectivity index (χ4n) is 2.53. The maximum Gasteiger partial charge on any atom is 0.338 e. The molecule has 2 rings (SSSR count). The molecule has 21 heavy (non-hydrogen) atoms. The zero-order valence-corrected chi connectivity index (χ0v) is 12.1. The molecule has 1 fully saturated rings. The minimum atomic E-state index is -1.36. The summed E-state index contributed by atoms with van der Waals surface area (Å²) >= 11 is 0. The summed E-state index contributed by atoms with van der Waals surface area (Å²) in [7, 11) is 0. The van der Waals surface area contributed by atoms with Crippen molar-refractivity contribution in [2.45, 2.75) is 32.7 Å². The van der Waals surface area contributed by atoms with Crippen molar-refractivity contribution in [3.8, 4) is 0 Å². The molecule has 1 heterocycles. The van der Waals surface area contributed by atoms with Crippen LogP contribution in [-0.2, 0) is 0 Å². The summed E-state index contributed by atoms with van der Waals surface area (Å²) < 4.78 is 13.3. The molecule has 114 valence electrons. The number of carbonyl (C=O) groups excluding carboxylic acids is 1. The molecule has 0 spiro atoms. The van der Waals surface area contributed by atoms with Crippen molar-refractivity contribution in [3.63, 3.8) is 0 Å². The van der Waals surface area contributed by atoms with Gasteiger partial charge in [-0.1, -0.05) is 6.92 Å². The first-order chi connectivity index (χ1) is 9.88. The van der Waals surface area contributed by atoms with Crippen molar-refractivity contribution in [3.05, 3.63) is 29.6 Å². The molecular weight excluding hydrogens is 275 g/mol. The molecule has 0 aromatic heterocycles. The third-order valence-electron chi connectivity index (χ3n) is 3.83. The highest BCUT2D eigenvalue weighted by Gasteiger charge is 2.27. The van der Waals surface area contributed by atoms with Gasteiger partial charge in [0.05, 0.1) is 5.56 Å². The summed E-state index contributed by atoms with van der Waals surface area (Å²) in [4.78, 5) is 24.9. The van der Waals surface area contributed by atoms with Crippen molar-refractivity contribution in [1.29, 1.82) is 0 Å². The van der Waals surface area contributed by atoms with E-state index in [0.29, 0.717) is 12.5 Å². The molecule has 1 aliphatic rings. The van der Waals surface area contributed by atoms with Crippen LogP contribution < -0.4 is 5.32 Å². The molecule has 1 aromatic carbocycles. The van der Waals surface area contributed by atoms with Gasteiger partial charge in [-0.05, 0) is 43.9 Å². The second kappa shape index (κ2) is 6.11. The van der Waals surface area contributed by atoms with Crippen LogP contribution in [-0.4, -0.2) is 34.6 Å². The maximum absolute atomic E-state index is 13.3. The number of nitrogens with zero attached hydrogens (tertiary/aromatic N) is 1. The van der Waals surface area contributed by atoms with E-state index in [1.807, 2.05) is 6.92 Å². The standard InChI is InChI=1S/C15H19FN2O3/c1-9-3-4-10(2)18(8-9)15(21)17-11-5-6-13(16)12(7-11)14(19)20/h5-7,9-10H,3-4,8H2,1-2H3,(H,17,21)(H,19,20). The Kier molecular flexibility index (Phi) is 4.45. The molecule has 1 aromatic rings. The van der Waals surface area contributed by atoms with E-state index in [9.17, 15) is 14.0 Å². The zero-order chi connectivity index (χ0) is 15.6. The van der Waals surface area contributed by atoms with Crippen LogP contribution >= 0.6 is 0 Å². The number of nitrogens with one attached hydrogen (secondary N) is 1. The Morgan fingerprint density at radius 3 is 2.71 bits per heavy atom. The number of likely N-dealkylation sites (tertiary alicyclic amines) is 1. The van der Waals surface area contributed by atoms with Crippen LogP contribution in [0.1, 0.15) is 37.0 Å². The lowest BCUT2D eigenvalue weighted by atomic mass is 9.95. The Morgan fingerprint density at radius 2 is 2.05 bits per heavy atom. The number of aromatic carboxylic acids is 1. The first kappa shape index (κ1) is 15.3. The third kappa shape index (κ3) is 3.51. The highest BCUT2D eigenvalue weighted by Crippen LogP contribution is 2.23. The fraction of sp³-hybridized carbons (Fsp3) is 0.467. The monoisotopic (exact) mass is 294 g/mol. The first-order valence-electron chi connectivity index (χ1n) is 6.99. The van der Waals surface area contributed by atoms with Crippen LogP contribution in [0.4, 0.5) is 14.9 Å². The van der Waals surface area contributed by atoms with Gasteiger partial charge < -0.3 is 15.3 Å². The van der Waals surface area contributed by atoms with Crippen molar-refractivity contribution in [2.24, 2.45) is 5.92 Å². The summed E-state index contributed by atoms with van der Waals surface area (Å²) in [6.45, 7) is 4.74. The lowest BCUT2D eigenvalue weighted by molar-refractivity contribution is 0.0692. The van der Waals surface area contributed by atoms with Crippen LogP contribution in [0.25, 0.3) is 0 Å². The molecule has 1 aliphatic heterocycles. The summed E-state index contributed by atoms with van der Waals surface area (Å²) in [6.07, 6.45) is 2.03. The number of benzene rings is 1. The number of hydrogen-bond acceptors (Lipinski definition) is 2. The molecule has 5 nitrogen and oxygen atoms in total. The predicted octanol–water partition coefficient (Wildman–Crippen LogP) is 3.18. The number of piperidine rings is 1. The molecule has 2 N–H and O–H groups in total. The van der Waals surface area contributed by atoms with E-state index >= 15 is 0 Å². The van der Waals surface area contributed by atoms with E-state index in [-0.39, 0.29) is 17.8 Å². The van der Waals surface area contributed by atoms with Crippen LogP contribution in [0.2, 0.25) is 0 Å². The Morgan fingerprint density at radius 1 is 1.33 bits per heavy atom. The van der Waals surface area contributed by atoms with Crippen molar-refractivity contribution in [1.82, 2.24) is 4.90 Å². The van der Waals surface area contributed by atoms with Crippen LogP contribution in [0.15, 0.2) is 18.2 Å². The quantitative estimate of drug-likeness (QED) is 0.880. The Hall–Kier alpha value is -2.11. The number of halogens is 1. The number of carboxylic acids is 1. The number of carbonyl (C=O) groups is 2. The summed E-state index contributed by atoms with van der Waals surface area (Å²) in [5.74, 6) is -1.74. The molecule has 0 saturated carbocycles. The molecule has 6 heteroatoms. The van der Waals surface area contributed by atoms with Crippen molar-refractivity contribution in [2.75, 3.05) is 11.9 Å². The van der Waals surface area contributed by atoms with Crippen LogP contribution in [0, 0.1) is 11.7 Å². The van der Waals surface area contributed by atoms with Gasteiger partial charge in [-0.15, -0.1) is 0 Å². The van der Waals surface area contributed by atoms with E-state index in [1.165, 1.54) is 6.07 Å². The van der Waals surface area contributed by atoms with Gasteiger partial charge in [0.1, 0.15) is 5.82 Å². The topological polar surface area (TPSA) is 69.6 Å². The highest BCUT2D eigenvalue weighted by atomic mass is 19.1. The van der Waals surface area contributed by atoms with E-state index in [0.717, 1.165) is 25.0 Å². The smallest absolute Gasteiger partial charge is 0.338 e. The molecule has 0 bridgehead atoms. The first-order valence-corrected chi connectivity index (χ1v) is 6.99. The lowest BCUT2D eigenvalue weighted by Crippen LogP contribution is -2.46. The number of amides is 2. The molecule has 2 atom stereocenters. The normalized spacial score (nSPS) is 22.0. The van der Waals surface area contributed by atoms with Gasteiger partial charge in [0, 0.05) is 18.3 Å². The van der Waals surface area contributed by atoms with E-state index in [1.54, 1.807) is 4.90 Å². The zero-order valence-electron chi connectivity index (χ0n) is 12.1. The molecule has 0 aliphatic carbocycles. The summed E-state index contributed by atoms with van der Waals surface area (Å²) in [6, 6.07) is 3.39. The Bertz CT molecular complexity index is 562. The minimum absolute atomic E-state index is 0.139. The van der Waals surface area contributed by atoms with Gasteiger partial charge in [-0.25, -0.2) is 14.0 Å². The van der Waals surface area contributed by atoms with Crippen molar-refractivity contribution < 1.29 is 19.1 Å². The number of carboxylic acid groups (broad SMARTS) is 1. The fourth-order valence-corrected chi connectivity index (χ4v) is 2.53. The van der Waals surface area contributed by atoms with Gasteiger partial charge >= 0.3 is 12.0 Å². The SMILES string of the molecule is CC1CCC(C)N(C(=O)Nc2ccc(F)c(C(=O)O)c2)C1. The van der Waals surface area contributed by atoms with E-state index in [4.69, 9.17) is 5.11 Å².